The lowest BCUT2D eigenvalue weighted by atomic mass is 9.80. The van der Waals surface area contributed by atoms with Gasteiger partial charge in [-0.2, -0.15) is 0 Å². The second-order valence-electron chi connectivity index (χ2n) is 5.79. The molecule has 0 aliphatic carbocycles. The van der Waals surface area contributed by atoms with E-state index in [1.807, 2.05) is 0 Å². The maximum atomic E-state index is 13.1. The largest absolute Gasteiger partial charge is 0.468 e. The highest BCUT2D eigenvalue weighted by Gasteiger charge is 2.52. The Morgan fingerprint density at radius 1 is 1.16 bits per heavy atom. The Bertz CT molecular complexity index is 910. The molecule has 1 aliphatic rings. The number of para-hydroxylation sites is 1. The SMILES string of the molecule is COC(=O)C1(CC=O)CN(S(=O)(=O)c2ccccc2)c2ccccc21. The van der Waals surface area contributed by atoms with Gasteiger partial charge in [-0.05, 0) is 23.8 Å². The summed E-state index contributed by atoms with van der Waals surface area (Å²) in [7, 11) is -2.65. The van der Waals surface area contributed by atoms with E-state index in [2.05, 4.69) is 0 Å². The molecular formula is C18H17NO5S. The van der Waals surface area contributed by atoms with Gasteiger partial charge in [0.1, 0.15) is 11.7 Å². The quantitative estimate of drug-likeness (QED) is 0.602. The van der Waals surface area contributed by atoms with E-state index in [0.29, 0.717) is 17.5 Å². The summed E-state index contributed by atoms with van der Waals surface area (Å²) in [5.41, 5.74) is -0.471. The predicted molar refractivity (Wildman–Crippen MR) is 91.8 cm³/mol. The summed E-state index contributed by atoms with van der Waals surface area (Å²) in [6.07, 6.45) is 0.462. The van der Waals surface area contributed by atoms with Crippen LogP contribution in [0.25, 0.3) is 0 Å². The van der Waals surface area contributed by atoms with E-state index in [1.54, 1.807) is 42.5 Å². The second-order valence-corrected chi connectivity index (χ2v) is 7.65. The van der Waals surface area contributed by atoms with Crippen LogP contribution >= 0.6 is 0 Å². The average Bonchev–Trinajstić information content (AvgIpc) is 2.99. The molecule has 0 bridgehead atoms. The molecule has 1 atom stereocenters. The highest BCUT2D eigenvalue weighted by Crippen LogP contribution is 2.45. The van der Waals surface area contributed by atoms with Crippen LogP contribution in [0.2, 0.25) is 0 Å². The van der Waals surface area contributed by atoms with Gasteiger partial charge in [0.25, 0.3) is 10.0 Å². The molecule has 0 saturated heterocycles. The number of carbonyl (C=O) groups is 2. The van der Waals surface area contributed by atoms with Crippen LogP contribution in [0.1, 0.15) is 12.0 Å². The molecule has 6 nitrogen and oxygen atoms in total. The molecule has 7 heteroatoms. The van der Waals surface area contributed by atoms with Crippen molar-refractivity contribution in [2.75, 3.05) is 18.0 Å². The zero-order valence-electron chi connectivity index (χ0n) is 13.6. The zero-order valence-corrected chi connectivity index (χ0v) is 14.4. The van der Waals surface area contributed by atoms with Crippen LogP contribution < -0.4 is 4.31 Å². The standard InChI is InChI=1S/C18H17NO5S/c1-24-17(21)18(11-12-20)13-19(16-10-6-5-9-15(16)18)25(22,23)14-7-3-2-4-8-14/h2-10,12H,11,13H2,1H3. The van der Waals surface area contributed by atoms with Crippen LogP contribution in [0.4, 0.5) is 5.69 Å². The Morgan fingerprint density at radius 3 is 2.44 bits per heavy atom. The average molecular weight is 359 g/mol. The summed E-state index contributed by atoms with van der Waals surface area (Å²) in [6.45, 7) is -0.172. The lowest BCUT2D eigenvalue weighted by molar-refractivity contribution is -0.148. The molecule has 3 rings (SSSR count). The van der Waals surface area contributed by atoms with Gasteiger partial charge in [-0.1, -0.05) is 36.4 Å². The fourth-order valence-electron chi connectivity index (χ4n) is 3.22. The van der Waals surface area contributed by atoms with Crippen molar-refractivity contribution in [3.63, 3.8) is 0 Å². The molecule has 0 amide bonds. The molecule has 0 aromatic heterocycles. The summed E-state index contributed by atoms with van der Waals surface area (Å²) in [5.74, 6) is -0.627. The van der Waals surface area contributed by atoms with E-state index < -0.39 is 21.4 Å². The third kappa shape index (κ3) is 2.60. The smallest absolute Gasteiger partial charge is 0.318 e. The number of carbonyl (C=O) groups excluding carboxylic acids is 2. The molecule has 0 saturated carbocycles. The van der Waals surface area contributed by atoms with Crippen molar-refractivity contribution >= 4 is 28.0 Å². The summed E-state index contributed by atoms with van der Waals surface area (Å²) < 4.78 is 32.2. The number of hydrogen-bond acceptors (Lipinski definition) is 5. The van der Waals surface area contributed by atoms with Crippen molar-refractivity contribution in [1.82, 2.24) is 0 Å². The monoisotopic (exact) mass is 359 g/mol. The van der Waals surface area contributed by atoms with Crippen molar-refractivity contribution in [2.45, 2.75) is 16.7 Å². The number of ether oxygens (including phenoxy) is 1. The van der Waals surface area contributed by atoms with Crippen LogP contribution in [-0.2, 0) is 29.8 Å². The first-order chi connectivity index (χ1) is 12.0. The molecule has 1 heterocycles. The number of aldehydes is 1. The van der Waals surface area contributed by atoms with E-state index in [0.717, 1.165) is 0 Å². The van der Waals surface area contributed by atoms with Crippen molar-refractivity contribution in [1.29, 1.82) is 0 Å². The molecule has 0 radical (unpaired) electrons. The van der Waals surface area contributed by atoms with Gasteiger partial charge in [0, 0.05) is 6.42 Å². The normalized spacial score (nSPS) is 19.3. The van der Waals surface area contributed by atoms with Gasteiger partial charge < -0.3 is 9.53 Å². The van der Waals surface area contributed by atoms with E-state index in [4.69, 9.17) is 4.74 Å². The Balaban J connectivity index is 2.19. The molecule has 0 fully saturated rings. The number of methoxy groups -OCH3 is 1. The van der Waals surface area contributed by atoms with Crippen molar-refractivity contribution < 1.29 is 22.7 Å². The Kier molecular flexibility index (Phi) is 4.34. The third-order valence-corrected chi connectivity index (χ3v) is 6.21. The number of anilines is 1. The van der Waals surface area contributed by atoms with Crippen LogP contribution in [-0.4, -0.2) is 34.3 Å². The molecule has 1 aliphatic heterocycles. The fourth-order valence-corrected chi connectivity index (χ4v) is 4.78. The minimum atomic E-state index is -3.87. The topological polar surface area (TPSA) is 80.8 Å². The summed E-state index contributed by atoms with van der Waals surface area (Å²) in [6, 6.07) is 14.7. The minimum Gasteiger partial charge on any atom is -0.468 e. The lowest BCUT2D eigenvalue weighted by Gasteiger charge is -2.25. The number of benzene rings is 2. The molecule has 0 spiro atoms. The van der Waals surface area contributed by atoms with Crippen molar-refractivity contribution in [2.24, 2.45) is 0 Å². The second kappa shape index (κ2) is 6.33. The molecule has 2 aromatic rings. The van der Waals surface area contributed by atoms with E-state index >= 15 is 0 Å². The number of rotatable bonds is 5. The Labute approximate surface area is 146 Å². The van der Waals surface area contributed by atoms with Gasteiger partial charge in [0.15, 0.2) is 0 Å². The van der Waals surface area contributed by atoms with Gasteiger partial charge in [-0.25, -0.2) is 8.42 Å². The summed E-state index contributed by atoms with van der Waals surface area (Å²) in [5, 5.41) is 0. The molecule has 25 heavy (non-hydrogen) atoms. The van der Waals surface area contributed by atoms with Gasteiger partial charge in [0.2, 0.25) is 0 Å². The van der Waals surface area contributed by atoms with Gasteiger partial charge in [-0.3, -0.25) is 9.10 Å². The van der Waals surface area contributed by atoms with E-state index in [-0.39, 0.29) is 17.9 Å². The molecule has 0 N–H and O–H groups in total. The van der Waals surface area contributed by atoms with Crippen molar-refractivity contribution in [3.05, 3.63) is 60.2 Å². The maximum Gasteiger partial charge on any atom is 0.318 e. The minimum absolute atomic E-state index is 0.122. The Hall–Kier alpha value is -2.67. The van der Waals surface area contributed by atoms with E-state index in [9.17, 15) is 18.0 Å². The third-order valence-electron chi connectivity index (χ3n) is 4.44. The first-order valence-electron chi connectivity index (χ1n) is 7.67. The maximum absolute atomic E-state index is 13.1. The highest BCUT2D eigenvalue weighted by molar-refractivity contribution is 7.92. The van der Waals surface area contributed by atoms with Crippen molar-refractivity contribution in [3.8, 4) is 0 Å². The highest BCUT2D eigenvalue weighted by atomic mass is 32.2. The van der Waals surface area contributed by atoms with Crippen LogP contribution in [0, 0.1) is 0 Å². The number of fused-ring (bicyclic) bond motifs is 1. The summed E-state index contributed by atoms with van der Waals surface area (Å²) in [4.78, 5) is 23.9. The number of nitrogens with zero attached hydrogens (tertiary/aromatic N) is 1. The predicted octanol–water partition coefficient (Wildman–Crippen LogP) is 1.90. The van der Waals surface area contributed by atoms with Gasteiger partial charge >= 0.3 is 5.97 Å². The van der Waals surface area contributed by atoms with E-state index in [1.165, 1.54) is 23.5 Å². The molecule has 130 valence electrons. The number of esters is 1. The molecule has 2 aromatic carbocycles. The lowest BCUT2D eigenvalue weighted by Crippen LogP contribution is -2.43. The fraction of sp³-hybridized carbons (Fsp3) is 0.222. The van der Waals surface area contributed by atoms with Gasteiger partial charge in [-0.15, -0.1) is 0 Å². The van der Waals surface area contributed by atoms with Crippen LogP contribution in [0.15, 0.2) is 59.5 Å². The Morgan fingerprint density at radius 2 is 1.80 bits per heavy atom. The first-order valence-corrected chi connectivity index (χ1v) is 9.11. The number of sulfonamides is 1. The van der Waals surface area contributed by atoms with Crippen LogP contribution in [0.5, 0.6) is 0 Å². The van der Waals surface area contributed by atoms with Gasteiger partial charge in [0.05, 0.1) is 24.2 Å². The zero-order chi connectivity index (χ0) is 18.1. The van der Waals surface area contributed by atoms with Crippen LogP contribution in [0.3, 0.4) is 0 Å². The number of hydrogen-bond donors (Lipinski definition) is 0. The first kappa shape index (κ1) is 17.2. The molecule has 1 unspecified atom stereocenters. The molecular weight excluding hydrogens is 342 g/mol. The summed E-state index contributed by atoms with van der Waals surface area (Å²) >= 11 is 0.